The number of pyridine rings is 1. The number of nitrogens with zero attached hydrogens (tertiary/aromatic N) is 3. The van der Waals surface area contributed by atoms with Gasteiger partial charge in [0.2, 0.25) is 0 Å². The third-order valence-corrected chi connectivity index (χ3v) is 4.49. The van der Waals surface area contributed by atoms with Crippen molar-refractivity contribution < 1.29 is 4.39 Å². The maximum Gasteiger partial charge on any atom is 0.164 e. The van der Waals surface area contributed by atoms with Crippen LogP contribution >= 0.6 is 50.1 Å². The summed E-state index contributed by atoms with van der Waals surface area (Å²) < 4.78 is 16.9. The normalized spacial score (nSPS) is 11.2. The van der Waals surface area contributed by atoms with Crippen LogP contribution < -0.4 is 0 Å². The lowest BCUT2D eigenvalue weighted by atomic mass is 10.3. The molecule has 0 amide bonds. The van der Waals surface area contributed by atoms with Crippen LogP contribution in [0.2, 0.25) is 0 Å². The molecule has 0 bridgehead atoms. The minimum atomic E-state index is -0.262. The number of rotatable bonds is 3. The second-order valence-corrected chi connectivity index (χ2v) is 6.85. The molecule has 108 valence electrons. The monoisotopic (exact) mass is 479 g/mol. The number of imidazole rings is 1. The van der Waals surface area contributed by atoms with E-state index < -0.39 is 0 Å². The molecule has 0 aliphatic carbocycles. The Balaban J connectivity index is 2.30. The lowest BCUT2D eigenvalue weighted by Gasteiger charge is -2.10. The van der Waals surface area contributed by atoms with Gasteiger partial charge in [0.1, 0.15) is 17.2 Å². The fourth-order valence-corrected chi connectivity index (χ4v) is 3.36. The molecule has 0 unspecified atom stereocenters. The Hall–Kier alpha value is -0.730. The van der Waals surface area contributed by atoms with Crippen molar-refractivity contribution in [3.05, 3.63) is 50.1 Å². The Labute approximate surface area is 147 Å². The molecule has 21 heavy (non-hydrogen) atoms. The van der Waals surface area contributed by atoms with Gasteiger partial charge in [-0.2, -0.15) is 0 Å². The number of aromatic nitrogens is 3. The second kappa shape index (κ2) is 6.18. The van der Waals surface area contributed by atoms with Gasteiger partial charge >= 0.3 is 0 Å². The van der Waals surface area contributed by atoms with Crippen molar-refractivity contribution in [2.24, 2.45) is 0 Å². The van der Waals surface area contributed by atoms with E-state index in [9.17, 15) is 4.39 Å². The van der Waals surface area contributed by atoms with Crippen LogP contribution in [-0.4, -0.2) is 20.4 Å². The lowest BCUT2D eigenvalue weighted by molar-refractivity contribution is 0.626. The van der Waals surface area contributed by atoms with Gasteiger partial charge in [0.25, 0.3) is 0 Å². The van der Waals surface area contributed by atoms with E-state index in [2.05, 4.69) is 48.5 Å². The van der Waals surface area contributed by atoms with Crippen LogP contribution in [0.3, 0.4) is 0 Å². The van der Waals surface area contributed by atoms with Gasteiger partial charge in [-0.05, 0) is 62.8 Å². The maximum atomic E-state index is 13.3. The van der Waals surface area contributed by atoms with Gasteiger partial charge in [0.15, 0.2) is 5.65 Å². The lowest BCUT2D eigenvalue weighted by Crippen LogP contribution is -2.05. The molecule has 7 heteroatoms. The molecule has 0 atom stereocenters. The van der Waals surface area contributed by atoms with Crippen molar-refractivity contribution in [3.63, 3.8) is 0 Å². The number of halogens is 4. The first-order chi connectivity index (χ1) is 10.1. The third kappa shape index (κ3) is 2.93. The highest BCUT2D eigenvalue weighted by molar-refractivity contribution is 14.1. The number of alkyl halides is 1. The van der Waals surface area contributed by atoms with E-state index >= 15 is 0 Å². The standard InChI is InChI=1S/C14H9BrClFIN3/c15-8-5-11-14(19-7-8)21(13(20-11)3-4-16)12-2-1-9(17)6-10(12)18/h1-2,5-7H,3-4H2. The van der Waals surface area contributed by atoms with Gasteiger partial charge in [-0.3, -0.25) is 4.57 Å². The van der Waals surface area contributed by atoms with E-state index in [1.165, 1.54) is 12.1 Å². The number of hydrogen-bond acceptors (Lipinski definition) is 2. The summed E-state index contributed by atoms with van der Waals surface area (Å²) in [6.45, 7) is 0. The number of benzene rings is 1. The second-order valence-electron chi connectivity index (χ2n) is 4.39. The topological polar surface area (TPSA) is 30.7 Å². The molecule has 2 aromatic heterocycles. The summed E-state index contributed by atoms with van der Waals surface area (Å²) >= 11 is 11.4. The first kappa shape index (κ1) is 15.2. The predicted molar refractivity (Wildman–Crippen MR) is 93.7 cm³/mol. The molecule has 2 heterocycles. The molecule has 0 radical (unpaired) electrons. The SMILES string of the molecule is Fc1ccc(-n2c(CCCl)nc3cc(Br)cnc32)c(I)c1. The van der Waals surface area contributed by atoms with Crippen molar-refractivity contribution in [1.82, 2.24) is 14.5 Å². The highest BCUT2D eigenvalue weighted by atomic mass is 127. The van der Waals surface area contributed by atoms with Gasteiger partial charge in [-0.15, -0.1) is 11.6 Å². The Morgan fingerprint density at radius 2 is 2.14 bits per heavy atom. The van der Waals surface area contributed by atoms with E-state index in [0.717, 1.165) is 30.7 Å². The van der Waals surface area contributed by atoms with E-state index in [1.807, 2.05) is 10.6 Å². The smallest absolute Gasteiger partial charge is 0.164 e. The molecule has 1 aromatic carbocycles. The van der Waals surface area contributed by atoms with Crippen molar-refractivity contribution >= 4 is 61.3 Å². The zero-order valence-corrected chi connectivity index (χ0v) is 15.2. The highest BCUT2D eigenvalue weighted by Gasteiger charge is 2.16. The van der Waals surface area contributed by atoms with Gasteiger partial charge in [-0.1, -0.05) is 0 Å². The first-order valence-electron chi connectivity index (χ1n) is 6.14. The largest absolute Gasteiger partial charge is 0.280 e. The summed E-state index contributed by atoms with van der Waals surface area (Å²) in [5, 5.41) is 0. The minimum Gasteiger partial charge on any atom is -0.280 e. The van der Waals surface area contributed by atoms with E-state index in [1.54, 1.807) is 12.3 Å². The van der Waals surface area contributed by atoms with Crippen LogP contribution in [0.25, 0.3) is 16.9 Å². The number of fused-ring (bicyclic) bond motifs is 1. The molecule has 3 nitrogen and oxygen atoms in total. The predicted octanol–water partition coefficient (Wildman–Crippen LogP) is 4.71. The Morgan fingerprint density at radius 3 is 2.86 bits per heavy atom. The molecule has 0 fully saturated rings. The first-order valence-corrected chi connectivity index (χ1v) is 8.55. The maximum absolute atomic E-state index is 13.3. The molecular formula is C14H9BrClFIN3. The summed E-state index contributed by atoms with van der Waals surface area (Å²) in [5.41, 5.74) is 2.38. The molecule has 0 N–H and O–H groups in total. The Kier molecular flexibility index (Phi) is 4.46. The van der Waals surface area contributed by atoms with Crippen molar-refractivity contribution in [2.75, 3.05) is 5.88 Å². The average molecular weight is 481 g/mol. The molecule has 0 aliphatic heterocycles. The van der Waals surface area contributed by atoms with Crippen molar-refractivity contribution in [1.29, 1.82) is 0 Å². The zero-order valence-electron chi connectivity index (χ0n) is 10.7. The molecule has 0 saturated heterocycles. The molecule has 0 aliphatic rings. The van der Waals surface area contributed by atoms with E-state index in [0.29, 0.717) is 12.3 Å². The van der Waals surface area contributed by atoms with E-state index in [4.69, 9.17) is 11.6 Å². The summed E-state index contributed by atoms with van der Waals surface area (Å²) in [6, 6.07) is 6.57. The van der Waals surface area contributed by atoms with Crippen LogP contribution in [0.5, 0.6) is 0 Å². The van der Waals surface area contributed by atoms with Crippen LogP contribution in [0.1, 0.15) is 5.82 Å². The van der Waals surface area contributed by atoms with Gasteiger partial charge in [-0.25, -0.2) is 14.4 Å². The molecule has 3 rings (SSSR count). The zero-order chi connectivity index (χ0) is 15.0. The summed E-state index contributed by atoms with van der Waals surface area (Å²) in [4.78, 5) is 9.03. The Morgan fingerprint density at radius 1 is 1.33 bits per heavy atom. The van der Waals surface area contributed by atoms with Gasteiger partial charge < -0.3 is 0 Å². The molecule has 0 spiro atoms. The number of hydrogen-bond donors (Lipinski definition) is 0. The van der Waals surface area contributed by atoms with Crippen molar-refractivity contribution in [2.45, 2.75) is 6.42 Å². The highest BCUT2D eigenvalue weighted by Crippen LogP contribution is 2.26. The fourth-order valence-electron chi connectivity index (χ4n) is 2.16. The van der Waals surface area contributed by atoms with E-state index in [-0.39, 0.29) is 5.82 Å². The van der Waals surface area contributed by atoms with Crippen LogP contribution in [0.4, 0.5) is 4.39 Å². The summed E-state index contributed by atoms with van der Waals surface area (Å²) in [5.74, 6) is 1.01. The molecule has 0 saturated carbocycles. The molecule has 3 aromatic rings. The average Bonchev–Trinajstić information content (AvgIpc) is 2.76. The summed E-state index contributed by atoms with van der Waals surface area (Å²) in [6.07, 6.45) is 2.34. The number of aryl methyl sites for hydroxylation is 1. The third-order valence-electron chi connectivity index (χ3n) is 3.00. The van der Waals surface area contributed by atoms with Gasteiger partial charge in [0, 0.05) is 26.5 Å². The van der Waals surface area contributed by atoms with Crippen LogP contribution in [0, 0.1) is 9.39 Å². The minimum absolute atomic E-state index is 0.262. The van der Waals surface area contributed by atoms with Crippen LogP contribution in [-0.2, 0) is 6.42 Å². The quantitative estimate of drug-likeness (QED) is 0.402. The fraction of sp³-hybridized carbons (Fsp3) is 0.143. The van der Waals surface area contributed by atoms with Gasteiger partial charge in [0.05, 0.1) is 5.69 Å². The van der Waals surface area contributed by atoms with Crippen LogP contribution in [0.15, 0.2) is 34.9 Å². The van der Waals surface area contributed by atoms with Crippen molar-refractivity contribution in [3.8, 4) is 5.69 Å². The summed E-state index contributed by atoms with van der Waals surface area (Å²) in [7, 11) is 0. The molecular weight excluding hydrogens is 471 g/mol. The Bertz CT molecular complexity index is 821.